The lowest BCUT2D eigenvalue weighted by Crippen LogP contribution is -2.00. The molecule has 15 heavy (non-hydrogen) atoms. The Morgan fingerprint density at radius 2 is 2.27 bits per heavy atom. The molecule has 0 heterocycles. The van der Waals surface area contributed by atoms with Gasteiger partial charge in [0.25, 0.3) is 0 Å². The quantitative estimate of drug-likeness (QED) is 0.595. The summed E-state index contributed by atoms with van der Waals surface area (Å²) in [6, 6.07) is 0.994. The first-order valence-corrected chi connectivity index (χ1v) is 4.62. The van der Waals surface area contributed by atoms with Gasteiger partial charge in [0.1, 0.15) is 5.75 Å². The number of benzene rings is 1. The fourth-order valence-corrected chi connectivity index (χ4v) is 1.31. The van der Waals surface area contributed by atoms with Crippen LogP contribution in [0.15, 0.2) is 6.07 Å². The van der Waals surface area contributed by atoms with Gasteiger partial charge in [0.15, 0.2) is 0 Å². The molecule has 0 atom stereocenters. The highest BCUT2D eigenvalue weighted by atomic mass is 35.5. The van der Waals surface area contributed by atoms with E-state index in [0.29, 0.717) is 6.61 Å². The SMILES string of the molecule is CCOc1cc([N+](=O)[O-])c(F)c(C)c1Cl. The molecule has 0 spiro atoms. The average Bonchev–Trinajstić information content (AvgIpc) is 2.18. The van der Waals surface area contributed by atoms with Crippen molar-refractivity contribution in [3.8, 4) is 5.75 Å². The molecule has 0 bridgehead atoms. The zero-order chi connectivity index (χ0) is 11.6. The largest absolute Gasteiger partial charge is 0.492 e. The van der Waals surface area contributed by atoms with Crippen LogP contribution in [-0.2, 0) is 0 Å². The van der Waals surface area contributed by atoms with E-state index in [4.69, 9.17) is 16.3 Å². The highest BCUT2D eigenvalue weighted by Gasteiger charge is 2.22. The van der Waals surface area contributed by atoms with Crippen LogP contribution >= 0.6 is 11.6 Å². The molecule has 82 valence electrons. The highest BCUT2D eigenvalue weighted by Crippen LogP contribution is 2.35. The van der Waals surface area contributed by atoms with Gasteiger partial charge in [-0.1, -0.05) is 11.6 Å². The predicted octanol–water partition coefficient (Wildman–Crippen LogP) is 3.09. The summed E-state index contributed by atoms with van der Waals surface area (Å²) in [5.41, 5.74) is -0.602. The second-order valence-corrected chi connectivity index (χ2v) is 3.21. The molecule has 0 N–H and O–H groups in total. The maximum Gasteiger partial charge on any atom is 0.308 e. The van der Waals surface area contributed by atoms with Gasteiger partial charge in [-0.3, -0.25) is 10.1 Å². The fourth-order valence-electron chi connectivity index (χ4n) is 1.12. The monoisotopic (exact) mass is 233 g/mol. The first-order valence-electron chi connectivity index (χ1n) is 4.24. The van der Waals surface area contributed by atoms with Gasteiger partial charge in [-0.2, -0.15) is 4.39 Å². The maximum absolute atomic E-state index is 13.4. The topological polar surface area (TPSA) is 52.4 Å². The molecule has 0 aliphatic carbocycles. The number of ether oxygens (including phenoxy) is 1. The molecule has 0 radical (unpaired) electrons. The van der Waals surface area contributed by atoms with Crippen LogP contribution in [0.3, 0.4) is 0 Å². The van der Waals surface area contributed by atoms with E-state index in [2.05, 4.69) is 0 Å². The maximum atomic E-state index is 13.4. The number of nitro groups is 1. The lowest BCUT2D eigenvalue weighted by atomic mass is 10.2. The number of hydrogen-bond donors (Lipinski definition) is 0. The summed E-state index contributed by atoms with van der Waals surface area (Å²) in [5.74, 6) is -0.793. The van der Waals surface area contributed by atoms with Gasteiger partial charge in [-0.05, 0) is 13.8 Å². The third-order valence-corrected chi connectivity index (χ3v) is 2.33. The lowest BCUT2D eigenvalue weighted by Gasteiger charge is -2.08. The Morgan fingerprint density at radius 1 is 1.67 bits per heavy atom. The van der Waals surface area contributed by atoms with Gasteiger partial charge in [0.05, 0.1) is 22.6 Å². The minimum atomic E-state index is -0.923. The third kappa shape index (κ3) is 2.18. The van der Waals surface area contributed by atoms with Crippen LogP contribution in [0.5, 0.6) is 5.75 Å². The van der Waals surface area contributed by atoms with E-state index in [1.165, 1.54) is 6.92 Å². The first kappa shape index (κ1) is 11.7. The van der Waals surface area contributed by atoms with Crippen LogP contribution < -0.4 is 4.74 Å². The Hall–Kier alpha value is -1.36. The van der Waals surface area contributed by atoms with E-state index in [-0.39, 0.29) is 16.3 Å². The van der Waals surface area contributed by atoms with E-state index in [1.807, 2.05) is 0 Å². The van der Waals surface area contributed by atoms with E-state index in [1.54, 1.807) is 6.92 Å². The summed E-state index contributed by atoms with van der Waals surface area (Å²) in [6.45, 7) is 3.38. The molecule has 4 nitrogen and oxygen atoms in total. The standard InChI is InChI=1S/C9H9ClFNO3/c1-3-15-7-4-6(12(13)14)9(11)5(2)8(7)10/h4H,3H2,1-2H3. The molecule has 0 aromatic heterocycles. The Kier molecular flexibility index (Phi) is 3.47. The summed E-state index contributed by atoms with van der Waals surface area (Å²) < 4.78 is 18.4. The van der Waals surface area contributed by atoms with Crippen LogP contribution in [-0.4, -0.2) is 11.5 Å². The van der Waals surface area contributed by atoms with Gasteiger partial charge < -0.3 is 4.74 Å². The molecule has 6 heteroatoms. The molecule has 0 saturated carbocycles. The van der Waals surface area contributed by atoms with Gasteiger partial charge >= 0.3 is 5.69 Å². The molecular weight excluding hydrogens is 225 g/mol. The van der Waals surface area contributed by atoms with Crippen molar-refractivity contribution in [1.82, 2.24) is 0 Å². The number of hydrogen-bond acceptors (Lipinski definition) is 3. The summed E-state index contributed by atoms with van der Waals surface area (Å²) in [7, 11) is 0. The van der Waals surface area contributed by atoms with E-state index in [0.717, 1.165) is 6.07 Å². The van der Waals surface area contributed by atoms with E-state index < -0.39 is 16.4 Å². The van der Waals surface area contributed by atoms with Crippen LogP contribution in [0.2, 0.25) is 5.02 Å². The molecule has 0 amide bonds. The zero-order valence-electron chi connectivity index (χ0n) is 8.21. The third-order valence-electron chi connectivity index (χ3n) is 1.86. The minimum Gasteiger partial charge on any atom is -0.492 e. The van der Waals surface area contributed by atoms with E-state index >= 15 is 0 Å². The Balaban J connectivity index is 3.38. The molecule has 0 unspecified atom stereocenters. The molecular formula is C9H9ClFNO3. The van der Waals surface area contributed by atoms with Crippen molar-refractivity contribution >= 4 is 17.3 Å². The number of nitro benzene ring substituents is 1. The molecule has 1 aromatic rings. The summed E-state index contributed by atoms with van der Waals surface area (Å²) in [4.78, 5) is 9.70. The molecule has 0 fully saturated rings. The minimum absolute atomic E-state index is 0.0225. The van der Waals surface area contributed by atoms with Gasteiger partial charge in [-0.25, -0.2) is 0 Å². The zero-order valence-corrected chi connectivity index (χ0v) is 8.97. The van der Waals surface area contributed by atoms with Gasteiger partial charge in [0, 0.05) is 5.56 Å². The average molecular weight is 234 g/mol. The Morgan fingerprint density at radius 3 is 2.73 bits per heavy atom. The molecule has 0 aliphatic heterocycles. The van der Waals surface area contributed by atoms with Crippen molar-refractivity contribution in [2.45, 2.75) is 13.8 Å². The van der Waals surface area contributed by atoms with Crippen LogP contribution in [0.4, 0.5) is 10.1 Å². The van der Waals surface area contributed by atoms with Crippen molar-refractivity contribution in [2.75, 3.05) is 6.61 Å². The predicted molar refractivity (Wildman–Crippen MR) is 54.0 cm³/mol. The van der Waals surface area contributed by atoms with Crippen LogP contribution in [0.1, 0.15) is 12.5 Å². The van der Waals surface area contributed by atoms with Crippen molar-refractivity contribution in [1.29, 1.82) is 0 Å². The van der Waals surface area contributed by atoms with Crippen LogP contribution in [0.25, 0.3) is 0 Å². The number of rotatable bonds is 3. The Labute approximate surface area is 90.8 Å². The van der Waals surface area contributed by atoms with Crippen molar-refractivity contribution in [3.63, 3.8) is 0 Å². The summed E-state index contributed by atoms with van der Waals surface area (Å²) in [5, 5.41) is 10.6. The molecule has 1 aromatic carbocycles. The number of nitrogens with zero attached hydrogens (tertiary/aromatic N) is 1. The van der Waals surface area contributed by atoms with E-state index in [9.17, 15) is 14.5 Å². The van der Waals surface area contributed by atoms with Crippen LogP contribution in [0, 0.1) is 22.9 Å². The first-order chi connectivity index (χ1) is 6.99. The van der Waals surface area contributed by atoms with Crippen molar-refractivity contribution in [2.24, 2.45) is 0 Å². The van der Waals surface area contributed by atoms with Crippen molar-refractivity contribution in [3.05, 3.63) is 32.6 Å². The second-order valence-electron chi connectivity index (χ2n) is 2.84. The molecule has 1 rings (SSSR count). The normalized spacial score (nSPS) is 10.1. The second kappa shape index (κ2) is 4.44. The summed E-state index contributed by atoms with van der Waals surface area (Å²) in [6.07, 6.45) is 0. The number of halogens is 2. The lowest BCUT2D eigenvalue weighted by molar-refractivity contribution is -0.387. The van der Waals surface area contributed by atoms with Gasteiger partial charge in [0.2, 0.25) is 5.82 Å². The van der Waals surface area contributed by atoms with Gasteiger partial charge in [-0.15, -0.1) is 0 Å². The smallest absolute Gasteiger partial charge is 0.308 e. The molecule has 0 aliphatic rings. The summed E-state index contributed by atoms with van der Waals surface area (Å²) >= 11 is 5.77. The Bertz CT molecular complexity index is 409. The van der Waals surface area contributed by atoms with Crippen molar-refractivity contribution < 1.29 is 14.1 Å². The highest BCUT2D eigenvalue weighted by molar-refractivity contribution is 6.32. The molecule has 0 saturated heterocycles. The fraction of sp³-hybridized carbons (Fsp3) is 0.333.